The van der Waals surface area contributed by atoms with Crippen LogP contribution in [0.25, 0.3) is 0 Å². The summed E-state index contributed by atoms with van der Waals surface area (Å²) in [6.45, 7) is 0.403. The van der Waals surface area contributed by atoms with Gasteiger partial charge in [-0.25, -0.2) is 4.98 Å². The van der Waals surface area contributed by atoms with E-state index in [4.69, 9.17) is 18.9 Å². The first-order valence-corrected chi connectivity index (χ1v) is 15.8. The molecular formula is C36H38N4O7. The van der Waals surface area contributed by atoms with Crippen molar-refractivity contribution in [2.45, 2.75) is 63.2 Å². The standard InChI is InChI=1S/C36H38N4O7/c1-44-27-17-15-24(16-18-27)11-8-12-26-21-37-33(38-26)35(43)40-22-29(46-28-13-6-3-7-14-28)19-31(40)34(42)39-30-20-32(41)47-36(30)45-23-25-9-4-2-5-10-25/h2-7,9-10,13-18,21,29-31,36H,8,11-12,19-20,22-23H2,1H3,(H,37,38)(H,39,42)/t29-,30+,31+,36?/m1/s1. The van der Waals surface area contributed by atoms with Crippen molar-refractivity contribution >= 4 is 17.8 Å². The fourth-order valence-electron chi connectivity index (χ4n) is 5.89. The van der Waals surface area contributed by atoms with Crippen molar-refractivity contribution < 1.29 is 33.3 Å². The van der Waals surface area contributed by atoms with Gasteiger partial charge in [-0.15, -0.1) is 0 Å². The average molecular weight is 639 g/mol. The van der Waals surface area contributed by atoms with E-state index < -0.39 is 42.3 Å². The van der Waals surface area contributed by atoms with Gasteiger partial charge in [0.15, 0.2) is 5.82 Å². The minimum atomic E-state index is -0.945. The smallest absolute Gasteiger partial charge is 0.310 e. The number of para-hydroxylation sites is 1. The molecule has 4 atom stereocenters. The molecule has 0 saturated carbocycles. The summed E-state index contributed by atoms with van der Waals surface area (Å²) in [5.41, 5.74) is 2.94. The van der Waals surface area contributed by atoms with Crippen LogP contribution >= 0.6 is 0 Å². The molecule has 47 heavy (non-hydrogen) atoms. The summed E-state index contributed by atoms with van der Waals surface area (Å²) < 4.78 is 22.6. The number of nitrogens with zero attached hydrogens (tertiary/aromatic N) is 2. The molecule has 3 aromatic carbocycles. The van der Waals surface area contributed by atoms with E-state index in [1.165, 1.54) is 10.5 Å². The molecule has 2 N–H and O–H groups in total. The summed E-state index contributed by atoms with van der Waals surface area (Å²) in [6.07, 6.45) is 2.95. The molecular weight excluding hydrogens is 600 g/mol. The Kier molecular flexibility index (Phi) is 10.1. The number of nitrogens with one attached hydrogen (secondary N) is 2. The summed E-state index contributed by atoms with van der Waals surface area (Å²) in [6, 6.07) is 25.2. The highest BCUT2D eigenvalue weighted by Crippen LogP contribution is 2.26. The number of ether oxygens (including phenoxy) is 4. The van der Waals surface area contributed by atoms with Crippen molar-refractivity contribution in [3.05, 3.63) is 114 Å². The summed E-state index contributed by atoms with van der Waals surface area (Å²) >= 11 is 0. The SMILES string of the molecule is COc1ccc(CCCc2cnc(C(=O)N3C[C@H](Oc4ccccc4)C[C@H]3C(=O)N[C@H]3CC(=O)OC3OCc3ccccc3)[nH]2)cc1. The van der Waals surface area contributed by atoms with Crippen LogP contribution in [-0.4, -0.2) is 70.8 Å². The maximum absolute atomic E-state index is 13.8. The van der Waals surface area contributed by atoms with Crippen molar-refractivity contribution in [1.82, 2.24) is 20.2 Å². The van der Waals surface area contributed by atoms with E-state index in [2.05, 4.69) is 15.3 Å². The first-order chi connectivity index (χ1) is 22.9. The number of benzene rings is 3. The van der Waals surface area contributed by atoms with Gasteiger partial charge in [-0.1, -0.05) is 60.7 Å². The van der Waals surface area contributed by atoms with Crippen LogP contribution in [0, 0.1) is 0 Å². The highest BCUT2D eigenvalue weighted by atomic mass is 16.7. The maximum Gasteiger partial charge on any atom is 0.310 e. The molecule has 2 amide bonds. The molecule has 0 aliphatic carbocycles. The van der Waals surface area contributed by atoms with E-state index in [1.54, 1.807) is 13.3 Å². The Balaban J connectivity index is 1.11. The third-order valence-electron chi connectivity index (χ3n) is 8.32. The molecule has 2 fully saturated rings. The van der Waals surface area contributed by atoms with Gasteiger partial charge in [0.2, 0.25) is 12.2 Å². The van der Waals surface area contributed by atoms with E-state index in [0.29, 0.717) is 12.2 Å². The van der Waals surface area contributed by atoms with Crippen molar-refractivity contribution in [2.75, 3.05) is 13.7 Å². The van der Waals surface area contributed by atoms with E-state index in [0.717, 1.165) is 29.8 Å². The predicted molar refractivity (Wildman–Crippen MR) is 172 cm³/mol. The monoisotopic (exact) mass is 638 g/mol. The number of hydrogen-bond donors (Lipinski definition) is 2. The third kappa shape index (κ3) is 8.17. The number of hydrogen-bond acceptors (Lipinski definition) is 8. The number of amides is 2. The van der Waals surface area contributed by atoms with Crippen LogP contribution < -0.4 is 14.8 Å². The first kappa shape index (κ1) is 31.8. The van der Waals surface area contributed by atoms with Gasteiger partial charge in [0.05, 0.1) is 26.7 Å². The van der Waals surface area contributed by atoms with Crippen molar-refractivity contribution in [2.24, 2.45) is 0 Å². The lowest BCUT2D eigenvalue weighted by Gasteiger charge is -2.25. The number of H-pyrrole nitrogens is 1. The second kappa shape index (κ2) is 15.0. The molecule has 3 heterocycles. The summed E-state index contributed by atoms with van der Waals surface area (Å²) in [5, 5.41) is 2.92. The molecule has 4 aromatic rings. The Morgan fingerprint density at radius 1 is 0.957 bits per heavy atom. The minimum absolute atomic E-state index is 0.0339. The van der Waals surface area contributed by atoms with Crippen molar-refractivity contribution in [3.63, 3.8) is 0 Å². The van der Waals surface area contributed by atoms with Crippen molar-refractivity contribution in [1.29, 1.82) is 0 Å². The summed E-state index contributed by atoms with van der Waals surface area (Å²) in [5.74, 6) is 0.338. The Morgan fingerprint density at radius 3 is 2.45 bits per heavy atom. The lowest BCUT2D eigenvalue weighted by atomic mass is 10.1. The number of carbonyl (C=O) groups is 3. The second-order valence-corrected chi connectivity index (χ2v) is 11.7. The Hall–Kier alpha value is -5.16. The zero-order chi connectivity index (χ0) is 32.6. The minimum Gasteiger partial charge on any atom is -0.497 e. The Morgan fingerprint density at radius 2 is 1.70 bits per heavy atom. The lowest BCUT2D eigenvalue weighted by molar-refractivity contribution is -0.168. The molecule has 0 radical (unpaired) electrons. The number of esters is 1. The van der Waals surface area contributed by atoms with Crippen LogP contribution in [-0.2, 0) is 38.5 Å². The predicted octanol–water partition coefficient (Wildman–Crippen LogP) is 4.23. The molecule has 11 heteroatoms. The highest BCUT2D eigenvalue weighted by molar-refractivity contribution is 5.95. The highest BCUT2D eigenvalue weighted by Gasteiger charge is 2.44. The Labute approximate surface area is 273 Å². The summed E-state index contributed by atoms with van der Waals surface area (Å²) in [4.78, 5) is 48.8. The number of imidazole rings is 1. The normalized spacial score (nSPS) is 20.5. The van der Waals surface area contributed by atoms with E-state index >= 15 is 0 Å². The molecule has 0 bridgehead atoms. The number of rotatable bonds is 13. The van der Waals surface area contributed by atoms with Gasteiger partial charge in [-0.05, 0) is 54.7 Å². The average Bonchev–Trinajstić information content (AvgIpc) is 3.83. The molecule has 2 aliphatic rings. The van der Waals surface area contributed by atoms with Gasteiger partial charge >= 0.3 is 5.97 Å². The molecule has 2 aliphatic heterocycles. The van der Waals surface area contributed by atoms with Crippen LogP contribution in [0.15, 0.2) is 91.1 Å². The summed E-state index contributed by atoms with van der Waals surface area (Å²) in [7, 11) is 1.64. The van der Waals surface area contributed by atoms with Gasteiger partial charge in [0, 0.05) is 18.3 Å². The van der Waals surface area contributed by atoms with E-state index in [-0.39, 0.29) is 31.8 Å². The zero-order valence-electron chi connectivity index (χ0n) is 26.2. The number of carbonyl (C=O) groups excluding carboxylic acids is 3. The number of methoxy groups -OCH3 is 1. The lowest BCUT2D eigenvalue weighted by Crippen LogP contribution is -2.51. The molecule has 244 valence electrons. The first-order valence-electron chi connectivity index (χ1n) is 15.8. The molecule has 1 unspecified atom stereocenters. The maximum atomic E-state index is 13.8. The number of aromatic nitrogens is 2. The number of aromatic amines is 1. The number of likely N-dealkylation sites (tertiary alicyclic amines) is 1. The van der Waals surface area contributed by atoms with Crippen LogP contribution in [0.3, 0.4) is 0 Å². The van der Waals surface area contributed by atoms with Gasteiger partial charge in [-0.2, -0.15) is 0 Å². The van der Waals surface area contributed by atoms with Crippen LogP contribution in [0.4, 0.5) is 0 Å². The van der Waals surface area contributed by atoms with Gasteiger partial charge < -0.3 is 34.1 Å². The number of cyclic esters (lactones) is 1. The van der Waals surface area contributed by atoms with Crippen molar-refractivity contribution in [3.8, 4) is 11.5 Å². The van der Waals surface area contributed by atoms with Crippen LogP contribution in [0.5, 0.6) is 11.5 Å². The van der Waals surface area contributed by atoms with E-state index in [9.17, 15) is 14.4 Å². The molecule has 1 aromatic heterocycles. The second-order valence-electron chi connectivity index (χ2n) is 11.7. The van der Waals surface area contributed by atoms with Crippen LogP contribution in [0.2, 0.25) is 0 Å². The molecule has 2 saturated heterocycles. The molecule has 11 nitrogen and oxygen atoms in total. The van der Waals surface area contributed by atoms with Gasteiger partial charge in [0.1, 0.15) is 29.7 Å². The molecule has 0 spiro atoms. The van der Waals surface area contributed by atoms with Crippen LogP contribution in [0.1, 0.15) is 46.7 Å². The van der Waals surface area contributed by atoms with E-state index in [1.807, 2.05) is 84.9 Å². The zero-order valence-corrected chi connectivity index (χ0v) is 26.2. The largest absolute Gasteiger partial charge is 0.497 e. The number of aryl methyl sites for hydroxylation is 2. The Bertz CT molecular complexity index is 1640. The quantitative estimate of drug-likeness (QED) is 0.208. The topological polar surface area (TPSA) is 132 Å². The fourth-order valence-corrected chi connectivity index (χ4v) is 5.89. The molecule has 6 rings (SSSR count). The van der Waals surface area contributed by atoms with Gasteiger partial charge in [-0.3, -0.25) is 14.4 Å². The third-order valence-corrected chi connectivity index (χ3v) is 8.32. The fraction of sp³-hybridized carbons (Fsp3) is 0.333. The van der Waals surface area contributed by atoms with Gasteiger partial charge in [0.25, 0.3) is 5.91 Å².